The highest BCUT2D eigenvalue weighted by Gasteiger charge is 2.41. The van der Waals surface area contributed by atoms with E-state index < -0.39 is 5.60 Å². The van der Waals surface area contributed by atoms with Crippen molar-refractivity contribution in [3.8, 4) is 0 Å². The van der Waals surface area contributed by atoms with Crippen LogP contribution in [0.15, 0.2) is 42.5 Å². The number of halogens is 1. The molecule has 24 heavy (non-hydrogen) atoms. The minimum atomic E-state index is -0.535. The highest BCUT2D eigenvalue weighted by atomic mass is 19.1. The Labute approximate surface area is 142 Å². The predicted molar refractivity (Wildman–Crippen MR) is 92.1 cm³/mol. The summed E-state index contributed by atoms with van der Waals surface area (Å²) >= 11 is 0. The van der Waals surface area contributed by atoms with Crippen LogP contribution in [0, 0.1) is 5.82 Å². The number of aliphatic hydroxyl groups is 1. The molecule has 1 aliphatic rings. The number of rotatable bonds is 6. The van der Waals surface area contributed by atoms with Gasteiger partial charge < -0.3 is 14.7 Å². The van der Waals surface area contributed by atoms with E-state index in [0.717, 1.165) is 41.6 Å². The lowest BCUT2D eigenvalue weighted by molar-refractivity contribution is -0.0140. The maximum atomic E-state index is 13.4. The Hall–Kier alpha value is -1.75. The Morgan fingerprint density at radius 1 is 1.17 bits per heavy atom. The minimum absolute atomic E-state index is 0.0253. The number of aliphatic hydroxyl groups excluding tert-OH is 1. The van der Waals surface area contributed by atoms with E-state index in [-0.39, 0.29) is 12.4 Å². The number of benzene rings is 2. The van der Waals surface area contributed by atoms with Crippen LogP contribution in [0.3, 0.4) is 0 Å². The van der Waals surface area contributed by atoms with Gasteiger partial charge in [-0.1, -0.05) is 30.3 Å². The molecule has 2 aromatic carbocycles. The van der Waals surface area contributed by atoms with E-state index in [2.05, 4.69) is 19.0 Å². The van der Waals surface area contributed by atoms with Crippen LogP contribution in [0.5, 0.6) is 0 Å². The Kier molecular flexibility index (Phi) is 4.99. The molecule has 1 N–H and O–H groups in total. The Morgan fingerprint density at radius 2 is 1.92 bits per heavy atom. The molecule has 1 heterocycles. The van der Waals surface area contributed by atoms with E-state index >= 15 is 0 Å². The highest BCUT2D eigenvalue weighted by molar-refractivity contribution is 5.45. The third-order valence-corrected chi connectivity index (χ3v) is 4.71. The second kappa shape index (κ2) is 7.01. The molecular weight excluding hydrogens is 305 g/mol. The largest absolute Gasteiger partial charge is 0.392 e. The van der Waals surface area contributed by atoms with Crippen molar-refractivity contribution >= 4 is 0 Å². The van der Waals surface area contributed by atoms with Crippen LogP contribution < -0.4 is 0 Å². The molecule has 0 bridgehead atoms. The monoisotopic (exact) mass is 329 g/mol. The molecule has 0 radical (unpaired) electrons. The van der Waals surface area contributed by atoms with Gasteiger partial charge in [0, 0.05) is 0 Å². The van der Waals surface area contributed by atoms with Crippen LogP contribution in [0.4, 0.5) is 4.39 Å². The molecule has 1 aliphatic heterocycles. The minimum Gasteiger partial charge on any atom is -0.392 e. The van der Waals surface area contributed by atoms with E-state index in [4.69, 9.17) is 4.74 Å². The molecule has 1 atom stereocenters. The first-order valence-electron chi connectivity index (χ1n) is 8.33. The molecule has 0 amide bonds. The highest BCUT2D eigenvalue weighted by Crippen LogP contribution is 2.45. The van der Waals surface area contributed by atoms with Crippen LogP contribution in [0.2, 0.25) is 0 Å². The molecule has 3 rings (SSSR count). The smallest absolute Gasteiger partial charge is 0.123 e. The Bertz CT molecular complexity index is 699. The topological polar surface area (TPSA) is 32.7 Å². The van der Waals surface area contributed by atoms with Gasteiger partial charge in [0.15, 0.2) is 0 Å². The van der Waals surface area contributed by atoms with Gasteiger partial charge in [0.2, 0.25) is 0 Å². The van der Waals surface area contributed by atoms with Crippen molar-refractivity contribution in [2.75, 3.05) is 20.6 Å². The molecule has 0 fully saturated rings. The van der Waals surface area contributed by atoms with Gasteiger partial charge in [0.05, 0.1) is 13.2 Å². The van der Waals surface area contributed by atoms with E-state index in [9.17, 15) is 9.50 Å². The summed E-state index contributed by atoms with van der Waals surface area (Å²) in [6.45, 7) is 1.51. The first kappa shape index (κ1) is 17.1. The molecule has 0 aliphatic carbocycles. The van der Waals surface area contributed by atoms with Crippen molar-refractivity contribution in [2.24, 2.45) is 0 Å². The zero-order valence-electron chi connectivity index (χ0n) is 14.3. The zero-order chi connectivity index (χ0) is 17.2. The average Bonchev–Trinajstić information content (AvgIpc) is 2.94. The summed E-state index contributed by atoms with van der Waals surface area (Å²) in [5, 5.41) is 9.36. The van der Waals surface area contributed by atoms with Crippen LogP contribution in [0.25, 0.3) is 0 Å². The van der Waals surface area contributed by atoms with Gasteiger partial charge in [-0.3, -0.25) is 0 Å². The summed E-state index contributed by atoms with van der Waals surface area (Å²) in [6, 6.07) is 12.6. The summed E-state index contributed by atoms with van der Waals surface area (Å²) < 4.78 is 19.7. The number of hydrogen-bond acceptors (Lipinski definition) is 3. The maximum absolute atomic E-state index is 13.4. The summed E-state index contributed by atoms with van der Waals surface area (Å²) in [6.07, 6.45) is 1.81. The lowest BCUT2D eigenvalue weighted by Gasteiger charge is -2.31. The molecule has 0 saturated heterocycles. The van der Waals surface area contributed by atoms with Crippen LogP contribution in [0.1, 0.15) is 35.1 Å². The third kappa shape index (κ3) is 3.22. The molecule has 4 heteroatoms. The second-order valence-corrected chi connectivity index (χ2v) is 6.68. The van der Waals surface area contributed by atoms with Crippen molar-refractivity contribution in [1.29, 1.82) is 0 Å². The Morgan fingerprint density at radius 3 is 2.58 bits per heavy atom. The third-order valence-electron chi connectivity index (χ3n) is 4.71. The predicted octanol–water partition coefficient (Wildman–Crippen LogP) is 3.43. The number of nitrogens with zero attached hydrogens (tertiary/aromatic N) is 1. The summed E-state index contributed by atoms with van der Waals surface area (Å²) in [4.78, 5) is 2.16. The summed E-state index contributed by atoms with van der Waals surface area (Å²) in [5.74, 6) is -0.240. The molecular formula is C20H24FNO2. The number of ether oxygens (including phenoxy) is 1. The number of hydrogen-bond donors (Lipinski definition) is 1. The van der Waals surface area contributed by atoms with Gasteiger partial charge in [-0.05, 0) is 67.9 Å². The molecule has 3 nitrogen and oxygen atoms in total. The van der Waals surface area contributed by atoms with Crippen LogP contribution in [-0.2, 0) is 23.6 Å². The van der Waals surface area contributed by atoms with E-state index in [0.29, 0.717) is 6.61 Å². The fourth-order valence-corrected chi connectivity index (χ4v) is 3.49. The second-order valence-electron chi connectivity index (χ2n) is 6.68. The molecule has 128 valence electrons. The first-order chi connectivity index (χ1) is 11.5. The SMILES string of the molecule is CN(C)CCC[C@]1(c2ccc(F)cc2)OCc2cc(CO)ccc21. The summed E-state index contributed by atoms with van der Waals surface area (Å²) in [5.41, 5.74) is 3.58. The van der Waals surface area contributed by atoms with Gasteiger partial charge in [-0.15, -0.1) is 0 Å². The standard InChI is InChI=1S/C20H24FNO2/c1-22(2)11-3-10-20(17-5-7-18(21)8-6-17)19-9-4-15(13-23)12-16(19)14-24-20/h4-9,12,23H,3,10-11,13-14H2,1-2H3/t20-/m1/s1. The maximum Gasteiger partial charge on any atom is 0.123 e. The molecule has 0 saturated carbocycles. The van der Waals surface area contributed by atoms with Gasteiger partial charge in [-0.2, -0.15) is 0 Å². The average molecular weight is 329 g/mol. The van der Waals surface area contributed by atoms with Crippen molar-refractivity contribution in [3.63, 3.8) is 0 Å². The molecule has 0 spiro atoms. The fourth-order valence-electron chi connectivity index (χ4n) is 3.49. The van der Waals surface area contributed by atoms with Crippen LogP contribution in [-0.4, -0.2) is 30.6 Å². The van der Waals surface area contributed by atoms with Gasteiger partial charge in [-0.25, -0.2) is 4.39 Å². The van der Waals surface area contributed by atoms with E-state index in [1.807, 2.05) is 30.3 Å². The quantitative estimate of drug-likeness (QED) is 0.881. The molecule has 2 aromatic rings. The lowest BCUT2D eigenvalue weighted by atomic mass is 9.81. The number of fused-ring (bicyclic) bond motifs is 1. The molecule has 0 aromatic heterocycles. The molecule has 0 unspecified atom stereocenters. The van der Waals surface area contributed by atoms with Gasteiger partial charge in [0.25, 0.3) is 0 Å². The van der Waals surface area contributed by atoms with E-state index in [1.165, 1.54) is 12.1 Å². The normalized spacial score (nSPS) is 19.7. The van der Waals surface area contributed by atoms with Crippen molar-refractivity contribution < 1.29 is 14.2 Å². The lowest BCUT2D eigenvalue weighted by Crippen LogP contribution is -2.28. The van der Waals surface area contributed by atoms with Gasteiger partial charge >= 0.3 is 0 Å². The Balaban J connectivity index is 2.00. The van der Waals surface area contributed by atoms with Crippen molar-refractivity contribution in [3.05, 3.63) is 70.5 Å². The van der Waals surface area contributed by atoms with Crippen molar-refractivity contribution in [1.82, 2.24) is 4.90 Å². The van der Waals surface area contributed by atoms with Crippen molar-refractivity contribution in [2.45, 2.75) is 31.7 Å². The van der Waals surface area contributed by atoms with E-state index in [1.54, 1.807) is 0 Å². The van der Waals surface area contributed by atoms with Gasteiger partial charge in [0.1, 0.15) is 11.4 Å². The van der Waals surface area contributed by atoms with Crippen LogP contribution >= 0.6 is 0 Å². The summed E-state index contributed by atoms with van der Waals surface area (Å²) in [7, 11) is 4.11. The zero-order valence-corrected chi connectivity index (χ0v) is 14.3. The first-order valence-corrected chi connectivity index (χ1v) is 8.33. The fraction of sp³-hybridized carbons (Fsp3) is 0.400.